The van der Waals surface area contributed by atoms with E-state index >= 15 is 0 Å². The van der Waals surface area contributed by atoms with Gasteiger partial charge in [0, 0.05) is 23.1 Å². The van der Waals surface area contributed by atoms with Gasteiger partial charge < -0.3 is 10.8 Å². The van der Waals surface area contributed by atoms with Crippen molar-refractivity contribution in [3.05, 3.63) is 34.3 Å². The van der Waals surface area contributed by atoms with E-state index in [0.717, 1.165) is 30.4 Å². The Bertz CT molecular complexity index is 423. The van der Waals surface area contributed by atoms with E-state index in [9.17, 15) is 5.11 Å². The van der Waals surface area contributed by atoms with Gasteiger partial charge >= 0.3 is 0 Å². The second-order valence-corrected chi connectivity index (χ2v) is 6.81. The molecule has 0 amide bonds. The highest BCUT2D eigenvalue weighted by Crippen LogP contribution is 2.30. The van der Waals surface area contributed by atoms with E-state index in [2.05, 4.69) is 58.9 Å². The van der Waals surface area contributed by atoms with Gasteiger partial charge in [0.25, 0.3) is 0 Å². The van der Waals surface area contributed by atoms with Crippen LogP contribution in [0.4, 0.5) is 0 Å². The second kappa shape index (κ2) is 7.03. The van der Waals surface area contributed by atoms with Crippen LogP contribution in [0.3, 0.4) is 0 Å². The standard InChI is InChI=1S/C16H25BrN2O/c1-3-14(18)16(12-4-6-13(17)7-5-12)19-9-8-11(2)15(20)10-19/h4-7,11,14-16,20H,3,8-10,18H2,1-2H3. The number of nitrogens with zero attached hydrogens (tertiary/aromatic N) is 1. The Kier molecular flexibility index (Phi) is 5.61. The summed E-state index contributed by atoms with van der Waals surface area (Å²) in [7, 11) is 0. The molecule has 4 heteroatoms. The summed E-state index contributed by atoms with van der Waals surface area (Å²) >= 11 is 3.48. The first kappa shape index (κ1) is 16.0. The van der Waals surface area contributed by atoms with Gasteiger partial charge in [-0.1, -0.05) is 41.9 Å². The summed E-state index contributed by atoms with van der Waals surface area (Å²) in [6.45, 7) is 5.97. The zero-order valence-electron chi connectivity index (χ0n) is 12.3. The quantitative estimate of drug-likeness (QED) is 0.885. The van der Waals surface area contributed by atoms with Gasteiger partial charge in [0.05, 0.1) is 6.10 Å². The SMILES string of the molecule is CCC(N)C(c1ccc(Br)cc1)N1CCC(C)C(O)C1. The van der Waals surface area contributed by atoms with Gasteiger partial charge in [-0.05, 0) is 43.0 Å². The van der Waals surface area contributed by atoms with Crippen molar-refractivity contribution in [2.75, 3.05) is 13.1 Å². The Labute approximate surface area is 130 Å². The molecule has 4 atom stereocenters. The van der Waals surface area contributed by atoms with Crippen LogP contribution in [0.25, 0.3) is 0 Å². The fourth-order valence-electron chi connectivity index (χ4n) is 2.94. The lowest BCUT2D eigenvalue weighted by atomic mass is 9.90. The third kappa shape index (κ3) is 3.61. The zero-order chi connectivity index (χ0) is 14.7. The summed E-state index contributed by atoms with van der Waals surface area (Å²) in [4.78, 5) is 2.35. The minimum atomic E-state index is -0.245. The molecule has 1 aromatic carbocycles. The maximum absolute atomic E-state index is 10.2. The van der Waals surface area contributed by atoms with Crippen LogP contribution in [-0.2, 0) is 0 Å². The topological polar surface area (TPSA) is 49.5 Å². The smallest absolute Gasteiger partial charge is 0.0693 e. The van der Waals surface area contributed by atoms with E-state index in [0.29, 0.717) is 5.92 Å². The van der Waals surface area contributed by atoms with Gasteiger partial charge in [0.15, 0.2) is 0 Å². The highest BCUT2D eigenvalue weighted by atomic mass is 79.9. The van der Waals surface area contributed by atoms with Crippen molar-refractivity contribution < 1.29 is 5.11 Å². The lowest BCUT2D eigenvalue weighted by molar-refractivity contribution is 0.00396. The van der Waals surface area contributed by atoms with Crippen LogP contribution < -0.4 is 5.73 Å². The van der Waals surface area contributed by atoms with Crippen molar-refractivity contribution in [1.29, 1.82) is 0 Å². The van der Waals surface area contributed by atoms with Crippen LogP contribution in [-0.4, -0.2) is 35.2 Å². The molecular formula is C16H25BrN2O. The second-order valence-electron chi connectivity index (χ2n) is 5.90. The molecule has 0 bridgehead atoms. The van der Waals surface area contributed by atoms with Crippen LogP contribution in [0.1, 0.15) is 38.3 Å². The van der Waals surface area contributed by atoms with Gasteiger partial charge in [0.1, 0.15) is 0 Å². The summed E-state index contributed by atoms with van der Waals surface area (Å²) in [6, 6.07) is 8.68. The highest BCUT2D eigenvalue weighted by Gasteiger charge is 2.32. The molecule has 3 nitrogen and oxygen atoms in total. The maximum atomic E-state index is 10.2. The van der Waals surface area contributed by atoms with E-state index < -0.39 is 0 Å². The minimum Gasteiger partial charge on any atom is -0.392 e. The van der Waals surface area contributed by atoms with Gasteiger partial charge in [0.2, 0.25) is 0 Å². The number of halogens is 1. The molecule has 1 aromatic rings. The van der Waals surface area contributed by atoms with Gasteiger partial charge in [-0.3, -0.25) is 4.90 Å². The Hall–Kier alpha value is -0.420. The number of β-amino-alcohol motifs (C(OH)–C–C–N with tert-alkyl or cyclic N) is 1. The number of piperidine rings is 1. The van der Waals surface area contributed by atoms with Crippen molar-refractivity contribution >= 4 is 15.9 Å². The summed E-state index contributed by atoms with van der Waals surface area (Å²) in [5, 5.41) is 10.2. The summed E-state index contributed by atoms with van der Waals surface area (Å²) < 4.78 is 1.08. The molecule has 112 valence electrons. The number of benzene rings is 1. The Morgan fingerprint density at radius 3 is 2.60 bits per heavy atom. The molecule has 2 rings (SSSR count). The number of rotatable bonds is 4. The Morgan fingerprint density at radius 2 is 2.05 bits per heavy atom. The van der Waals surface area contributed by atoms with Crippen LogP contribution in [0.2, 0.25) is 0 Å². The number of likely N-dealkylation sites (tertiary alicyclic amines) is 1. The number of nitrogens with two attached hydrogens (primary N) is 1. The first-order valence-electron chi connectivity index (χ1n) is 7.46. The molecule has 3 N–H and O–H groups in total. The number of aliphatic hydroxyl groups excluding tert-OH is 1. The minimum absolute atomic E-state index is 0.0942. The predicted molar refractivity (Wildman–Crippen MR) is 86.5 cm³/mol. The molecule has 1 aliphatic rings. The molecular weight excluding hydrogens is 316 g/mol. The molecule has 1 fully saturated rings. The number of hydrogen-bond acceptors (Lipinski definition) is 3. The average Bonchev–Trinajstić information content (AvgIpc) is 2.45. The molecule has 1 aliphatic heterocycles. The lowest BCUT2D eigenvalue weighted by Gasteiger charge is -2.41. The van der Waals surface area contributed by atoms with Crippen LogP contribution in [0.15, 0.2) is 28.7 Å². The molecule has 1 heterocycles. The summed E-state index contributed by atoms with van der Waals surface area (Å²) in [6.07, 6.45) is 1.72. The largest absolute Gasteiger partial charge is 0.392 e. The van der Waals surface area contributed by atoms with Crippen molar-refractivity contribution in [1.82, 2.24) is 4.90 Å². The number of hydrogen-bond donors (Lipinski definition) is 2. The third-order valence-corrected chi connectivity index (χ3v) is 4.96. The van der Waals surface area contributed by atoms with E-state index in [1.807, 2.05) is 0 Å². The van der Waals surface area contributed by atoms with E-state index in [4.69, 9.17) is 5.73 Å². The highest BCUT2D eigenvalue weighted by molar-refractivity contribution is 9.10. The fourth-order valence-corrected chi connectivity index (χ4v) is 3.20. The molecule has 1 saturated heterocycles. The van der Waals surface area contributed by atoms with E-state index in [1.165, 1.54) is 5.56 Å². The van der Waals surface area contributed by atoms with Crippen molar-refractivity contribution in [2.45, 2.75) is 44.9 Å². The van der Waals surface area contributed by atoms with E-state index in [-0.39, 0.29) is 18.2 Å². The molecule has 20 heavy (non-hydrogen) atoms. The van der Waals surface area contributed by atoms with Crippen LogP contribution in [0, 0.1) is 5.92 Å². The normalized spacial score (nSPS) is 27.2. The average molecular weight is 341 g/mol. The summed E-state index contributed by atoms with van der Waals surface area (Å²) in [5.41, 5.74) is 7.60. The molecule has 0 radical (unpaired) electrons. The first-order valence-corrected chi connectivity index (χ1v) is 8.25. The monoisotopic (exact) mass is 340 g/mol. The third-order valence-electron chi connectivity index (χ3n) is 4.43. The first-order chi connectivity index (χ1) is 9.52. The van der Waals surface area contributed by atoms with Crippen LogP contribution >= 0.6 is 15.9 Å². The van der Waals surface area contributed by atoms with E-state index in [1.54, 1.807) is 0 Å². The van der Waals surface area contributed by atoms with Gasteiger partial charge in [-0.15, -0.1) is 0 Å². The van der Waals surface area contributed by atoms with Crippen molar-refractivity contribution in [3.8, 4) is 0 Å². The predicted octanol–water partition coefficient (Wildman–Crippen LogP) is 2.93. The molecule has 0 aliphatic carbocycles. The van der Waals surface area contributed by atoms with Crippen molar-refractivity contribution in [2.24, 2.45) is 11.7 Å². The van der Waals surface area contributed by atoms with Crippen LogP contribution in [0.5, 0.6) is 0 Å². The lowest BCUT2D eigenvalue weighted by Crippen LogP contribution is -2.49. The van der Waals surface area contributed by atoms with Crippen molar-refractivity contribution in [3.63, 3.8) is 0 Å². The Morgan fingerprint density at radius 1 is 1.40 bits per heavy atom. The Balaban J connectivity index is 2.21. The maximum Gasteiger partial charge on any atom is 0.0693 e. The summed E-state index contributed by atoms with van der Waals surface area (Å²) in [5.74, 6) is 0.384. The fraction of sp³-hybridized carbons (Fsp3) is 0.625. The van der Waals surface area contributed by atoms with Gasteiger partial charge in [-0.2, -0.15) is 0 Å². The molecule has 0 aromatic heterocycles. The van der Waals surface area contributed by atoms with Gasteiger partial charge in [-0.25, -0.2) is 0 Å². The zero-order valence-corrected chi connectivity index (χ0v) is 13.9. The molecule has 4 unspecified atom stereocenters. The molecule has 0 saturated carbocycles. The number of aliphatic hydroxyl groups is 1. The molecule has 0 spiro atoms.